The molecule has 0 aliphatic rings. The van der Waals surface area contributed by atoms with Crippen LogP contribution < -0.4 is 0 Å². The zero-order valence-electron chi connectivity index (χ0n) is 10.9. The van der Waals surface area contributed by atoms with Crippen LogP contribution in [0.4, 0.5) is 0 Å². The molecule has 2 N–H and O–H groups in total. The van der Waals surface area contributed by atoms with Crippen molar-refractivity contribution in [2.45, 2.75) is 45.6 Å². The van der Waals surface area contributed by atoms with E-state index >= 15 is 0 Å². The van der Waals surface area contributed by atoms with Gasteiger partial charge in [0.1, 0.15) is 0 Å². The monoisotopic (exact) mass is 236 g/mol. The topological polar surface area (TPSA) is 40.5 Å². The van der Waals surface area contributed by atoms with Crippen molar-refractivity contribution in [3.63, 3.8) is 0 Å². The fourth-order valence-corrected chi connectivity index (χ4v) is 2.04. The van der Waals surface area contributed by atoms with Crippen LogP contribution in [0.2, 0.25) is 0 Å². The average molecular weight is 236 g/mol. The Morgan fingerprint density at radius 2 is 1.82 bits per heavy atom. The summed E-state index contributed by atoms with van der Waals surface area (Å²) in [5.74, 6) is 0. The molecule has 0 aromatic heterocycles. The SMILES string of the molecule is CC(C)(CCCO)C(O)CCc1ccccc1. The summed E-state index contributed by atoms with van der Waals surface area (Å²) in [6, 6.07) is 10.2. The second-order valence-electron chi connectivity index (χ2n) is 5.36. The minimum Gasteiger partial charge on any atom is -0.396 e. The first-order chi connectivity index (χ1) is 8.06. The third-order valence-corrected chi connectivity index (χ3v) is 3.43. The van der Waals surface area contributed by atoms with E-state index in [1.54, 1.807) is 0 Å². The lowest BCUT2D eigenvalue weighted by Gasteiger charge is -2.30. The lowest BCUT2D eigenvalue weighted by molar-refractivity contribution is 0.0330. The van der Waals surface area contributed by atoms with Gasteiger partial charge in [0.2, 0.25) is 0 Å². The quantitative estimate of drug-likeness (QED) is 0.764. The van der Waals surface area contributed by atoms with Crippen LogP contribution >= 0.6 is 0 Å². The molecule has 0 spiro atoms. The second-order valence-corrected chi connectivity index (χ2v) is 5.36. The smallest absolute Gasteiger partial charge is 0.0594 e. The van der Waals surface area contributed by atoms with Crippen LogP contribution in [0.5, 0.6) is 0 Å². The van der Waals surface area contributed by atoms with Crippen LogP contribution in [0.1, 0.15) is 38.7 Å². The van der Waals surface area contributed by atoms with Gasteiger partial charge in [-0.2, -0.15) is 0 Å². The van der Waals surface area contributed by atoms with E-state index in [0.717, 1.165) is 25.7 Å². The molecule has 0 aliphatic heterocycles. The Balaban J connectivity index is 2.40. The first-order valence-electron chi connectivity index (χ1n) is 6.39. The molecule has 0 saturated carbocycles. The molecule has 17 heavy (non-hydrogen) atoms. The van der Waals surface area contributed by atoms with E-state index < -0.39 is 0 Å². The zero-order valence-corrected chi connectivity index (χ0v) is 10.9. The van der Waals surface area contributed by atoms with E-state index in [1.165, 1.54) is 5.56 Å². The van der Waals surface area contributed by atoms with Gasteiger partial charge in [-0.15, -0.1) is 0 Å². The molecule has 0 heterocycles. The highest BCUT2D eigenvalue weighted by atomic mass is 16.3. The molecule has 0 saturated heterocycles. The molecule has 1 unspecified atom stereocenters. The molecule has 1 rings (SSSR count). The van der Waals surface area contributed by atoms with Crippen LogP contribution in [0.15, 0.2) is 30.3 Å². The van der Waals surface area contributed by atoms with Gasteiger partial charge in [0.15, 0.2) is 0 Å². The van der Waals surface area contributed by atoms with Gasteiger partial charge in [0.25, 0.3) is 0 Å². The van der Waals surface area contributed by atoms with E-state index in [0.29, 0.717) is 0 Å². The predicted molar refractivity (Wildman–Crippen MR) is 70.9 cm³/mol. The Kier molecular flexibility index (Phi) is 5.66. The van der Waals surface area contributed by atoms with Crippen molar-refractivity contribution >= 4 is 0 Å². The largest absolute Gasteiger partial charge is 0.396 e. The van der Waals surface area contributed by atoms with Gasteiger partial charge in [-0.3, -0.25) is 0 Å². The first kappa shape index (κ1) is 14.2. The Bertz CT molecular complexity index is 306. The maximum atomic E-state index is 10.2. The van der Waals surface area contributed by atoms with Crippen molar-refractivity contribution in [3.8, 4) is 0 Å². The standard InChI is InChI=1S/C15H24O2/c1-15(2,11-6-12-16)14(17)10-9-13-7-4-3-5-8-13/h3-5,7-8,14,16-17H,6,9-12H2,1-2H3. The molecule has 0 fully saturated rings. The second kappa shape index (κ2) is 6.77. The number of aliphatic hydroxyl groups excluding tert-OH is 2. The van der Waals surface area contributed by atoms with Gasteiger partial charge in [-0.25, -0.2) is 0 Å². The number of aliphatic hydroxyl groups is 2. The molecule has 0 radical (unpaired) electrons. The highest BCUT2D eigenvalue weighted by Gasteiger charge is 2.26. The number of benzene rings is 1. The zero-order chi connectivity index (χ0) is 12.7. The first-order valence-corrected chi connectivity index (χ1v) is 6.39. The molecule has 2 heteroatoms. The van der Waals surface area contributed by atoms with Crippen molar-refractivity contribution in [1.82, 2.24) is 0 Å². The van der Waals surface area contributed by atoms with Crippen LogP contribution in [0.3, 0.4) is 0 Å². The molecule has 1 atom stereocenters. The molecule has 1 aromatic rings. The summed E-state index contributed by atoms with van der Waals surface area (Å²) in [7, 11) is 0. The summed E-state index contributed by atoms with van der Waals surface area (Å²) in [5.41, 5.74) is 1.15. The van der Waals surface area contributed by atoms with Crippen LogP contribution in [-0.2, 0) is 6.42 Å². The van der Waals surface area contributed by atoms with E-state index in [4.69, 9.17) is 5.11 Å². The minimum absolute atomic E-state index is 0.114. The molecule has 2 nitrogen and oxygen atoms in total. The molecule has 0 bridgehead atoms. The maximum absolute atomic E-state index is 10.2. The predicted octanol–water partition coefficient (Wildman–Crippen LogP) is 2.78. The summed E-state index contributed by atoms with van der Waals surface area (Å²) in [5, 5.41) is 19.0. The summed E-state index contributed by atoms with van der Waals surface area (Å²) >= 11 is 0. The molecule has 0 amide bonds. The van der Waals surface area contributed by atoms with Crippen LogP contribution in [-0.4, -0.2) is 22.9 Å². The van der Waals surface area contributed by atoms with E-state index in [-0.39, 0.29) is 18.1 Å². The van der Waals surface area contributed by atoms with Crippen molar-refractivity contribution in [1.29, 1.82) is 0 Å². The third kappa shape index (κ3) is 4.88. The normalized spacial score (nSPS) is 13.6. The van der Waals surface area contributed by atoms with Crippen molar-refractivity contribution in [3.05, 3.63) is 35.9 Å². The number of hydrogen-bond donors (Lipinski definition) is 2. The highest BCUT2D eigenvalue weighted by Crippen LogP contribution is 2.29. The fraction of sp³-hybridized carbons (Fsp3) is 0.600. The molecule has 0 aliphatic carbocycles. The van der Waals surface area contributed by atoms with E-state index in [9.17, 15) is 5.11 Å². The molecular weight excluding hydrogens is 212 g/mol. The third-order valence-electron chi connectivity index (χ3n) is 3.43. The summed E-state index contributed by atoms with van der Waals surface area (Å²) in [4.78, 5) is 0. The lowest BCUT2D eigenvalue weighted by Crippen LogP contribution is -2.30. The summed E-state index contributed by atoms with van der Waals surface area (Å²) in [6.45, 7) is 4.34. The van der Waals surface area contributed by atoms with Gasteiger partial charge in [0.05, 0.1) is 6.10 Å². The van der Waals surface area contributed by atoms with Gasteiger partial charge in [-0.05, 0) is 36.7 Å². The fourth-order valence-electron chi connectivity index (χ4n) is 2.04. The van der Waals surface area contributed by atoms with Crippen LogP contribution in [0, 0.1) is 5.41 Å². The number of rotatable bonds is 7. The highest BCUT2D eigenvalue weighted by molar-refractivity contribution is 5.14. The van der Waals surface area contributed by atoms with Gasteiger partial charge in [0, 0.05) is 6.61 Å². The lowest BCUT2D eigenvalue weighted by atomic mass is 9.80. The van der Waals surface area contributed by atoms with Crippen molar-refractivity contribution in [2.75, 3.05) is 6.61 Å². The summed E-state index contributed by atoms with van der Waals surface area (Å²) < 4.78 is 0. The van der Waals surface area contributed by atoms with Gasteiger partial charge < -0.3 is 10.2 Å². The van der Waals surface area contributed by atoms with Crippen molar-refractivity contribution < 1.29 is 10.2 Å². The molecular formula is C15H24O2. The van der Waals surface area contributed by atoms with E-state index in [2.05, 4.69) is 26.0 Å². The maximum Gasteiger partial charge on any atom is 0.0594 e. The Morgan fingerprint density at radius 3 is 2.41 bits per heavy atom. The Hall–Kier alpha value is -0.860. The minimum atomic E-state index is -0.311. The van der Waals surface area contributed by atoms with Crippen LogP contribution in [0.25, 0.3) is 0 Å². The Morgan fingerprint density at radius 1 is 1.18 bits per heavy atom. The van der Waals surface area contributed by atoms with E-state index in [1.807, 2.05) is 18.2 Å². The summed E-state index contributed by atoms with van der Waals surface area (Å²) in [6.07, 6.45) is 3.00. The average Bonchev–Trinajstić information content (AvgIpc) is 2.34. The molecule has 96 valence electrons. The molecule has 1 aromatic carbocycles. The number of hydrogen-bond acceptors (Lipinski definition) is 2. The van der Waals surface area contributed by atoms with Gasteiger partial charge >= 0.3 is 0 Å². The number of aryl methyl sites for hydroxylation is 1. The van der Waals surface area contributed by atoms with Crippen molar-refractivity contribution in [2.24, 2.45) is 5.41 Å². The van der Waals surface area contributed by atoms with Gasteiger partial charge in [-0.1, -0.05) is 44.2 Å². The Labute approximate surface area is 104 Å².